The van der Waals surface area contributed by atoms with Crippen LogP contribution < -0.4 is 16.0 Å². The molecular formula is C30H35F4N5O3. The number of halogens is 4. The molecule has 0 unspecified atom stereocenters. The summed E-state index contributed by atoms with van der Waals surface area (Å²) < 4.78 is 45.3. The maximum absolute atomic E-state index is 13.5. The van der Waals surface area contributed by atoms with E-state index in [2.05, 4.69) is 25.9 Å². The van der Waals surface area contributed by atoms with Crippen LogP contribution in [0.5, 0.6) is 0 Å². The van der Waals surface area contributed by atoms with Gasteiger partial charge in [-0.05, 0) is 48.9 Å². The Bertz CT molecular complexity index is 1300. The fraction of sp³-hybridized carbons (Fsp3) is 0.400. The Morgan fingerprint density at radius 3 is 2.29 bits per heavy atom. The number of rotatable bonds is 10. The number of nitrogens with one attached hydrogen (secondary N) is 3. The predicted molar refractivity (Wildman–Crippen MR) is 151 cm³/mol. The van der Waals surface area contributed by atoms with E-state index >= 15 is 0 Å². The summed E-state index contributed by atoms with van der Waals surface area (Å²) in [6, 6.07) is 17.4. The Balaban J connectivity index is 0.000000616. The molecular weight excluding hydrogens is 554 g/mol. The van der Waals surface area contributed by atoms with Gasteiger partial charge in [-0.1, -0.05) is 61.7 Å². The van der Waals surface area contributed by atoms with Gasteiger partial charge in [0.05, 0.1) is 0 Å². The summed E-state index contributed by atoms with van der Waals surface area (Å²) in [5, 5.41) is 16.8. The molecule has 4 N–H and O–H groups in total. The van der Waals surface area contributed by atoms with Crippen molar-refractivity contribution in [2.75, 3.05) is 17.2 Å². The smallest absolute Gasteiger partial charge is 0.475 e. The first kappa shape index (κ1) is 32.3. The number of alkyl halides is 3. The van der Waals surface area contributed by atoms with E-state index in [0.29, 0.717) is 29.7 Å². The van der Waals surface area contributed by atoms with Crippen molar-refractivity contribution in [2.45, 2.75) is 64.2 Å². The second-order valence-corrected chi connectivity index (χ2v) is 10.1. The summed E-state index contributed by atoms with van der Waals surface area (Å²) in [5.41, 5.74) is 2.57. The third-order valence-corrected chi connectivity index (χ3v) is 6.65. The number of hydrogen-bond donors (Lipinski definition) is 4. The first-order valence-corrected chi connectivity index (χ1v) is 13.7. The SMILES string of the molecule is Cc1cc(N[C@@H](Cc2ccccc2)C(=O)NCc2cccc(F)c2)nc(NCC2CCCCC2)n1.O=C(O)C(F)(F)F. The van der Waals surface area contributed by atoms with Crippen LogP contribution in [0.2, 0.25) is 0 Å². The lowest BCUT2D eigenvalue weighted by Crippen LogP contribution is -2.41. The number of aliphatic carboxylic acids is 1. The van der Waals surface area contributed by atoms with Crippen molar-refractivity contribution in [3.05, 3.63) is 83.3 Å². The van der Waals surface area contributed by atoms with Crippen LogP contribution >= 0.6 is 0 Å². The van der Waals surface area contributed by atoms with Crippen molar-refractivity contribution in [1.82, 2.24) is 15.3 Å². The number of carbonyl (C=O) groups is 2. The van der Waals surface area contributed by atoms with E-state index in [9.17, 15) is 22.4 Å². The summed E-state index contributed by atoms with van der Waals surface area (Å²) >= 11 is 0. The van der Waals surface area contributed by atoms with Crippen LogP contribution in [0.4, 0.5) is 29.3 Å². The van der Waals surface area contributed by atoms with Crippen molar-refractivity contribution in [1.29, 1.82) is 0 Å². The summed E-state index contributed by atoms with van der Waals surface area (Å²) in [7, 11) is 0. The van der Waals surface area contributed by atoms with E-state index in [1.54, 1.807) is 12.1 Å². The number of anilines is 2. The highest BCUT2D eigenvalue weighted by molar-refractivity contribution is 5.84. The van der Waals surface area contributed by atoms with E-state index in [-0.39, 0.29) is 18.3 Å². The maximum atomic E-state index is 13.5. The zero-order chi connectivity index (χ0) is 30.5. The highest BCUT2D eigenvalue weighted by Gasteiger charge is 2.38. The Morgan fingerprint density at radius 2 is 1.64 bits per heavy atom. The fourth-order valence-electron chi connectivity index (χ4n) is 4.55. The number of carboxylic acids is 1. The van der Waals surface area contributed by atoms with Gasteiger partial charge in [0.25, 0.3) is 0 Å². The van der Waals surface area contributed by atoms with E-state index in [0.717, 1.165) is 17.8 Å². The number of aromatic nitrogens is 2. The van der Waals surface area contributed by atoms with E-state index in [4.69, 9.17) is 9.90 Å². The number of amides is 1. The molecule has 0 radical (unpaired) electrons. The molecule has 1 aliphatic rings. The number of hydrogen-bond acceptors (Lipinski definition) is 6. The van der Waals surface area contributed by atoms with Crippen LogP contribution in [-0.2, 0) is 22.6 Å². The monoisotopic (exact) mass is 589 g/mol. The van der Waals surface area contributed by atoms with Gasteiger partial charge in [0, 0.05) is 31.3 Å². The molecule has 0 aliphatic heterocycles. The molecule has 3 aromatic rings. The van der Waals surface area contributed by atoms with Crippen molar-refractivity contribution in [2.24, 2.45) is 5.92 Å². The number of aryl methyl sites for hydroxylation is 1. The summed E-state index contributed by atoms with van der Waals surface area (Å²) in [5.74, 6) is -1.41. The van der Waals surface area contributed by atoms with Crippen LogP contribution in [0.3, 0.4) is 0 Å². The van der Waals surface area contributed by atoms with Crippen molar-refractivity contribution in [3.8, 4) is 0 Å². The molecule has 1 fully saturated rings. The molecule has 0 spiro atoms. The Hall–Kier alpha value is -4.22. The molecule has 4 rings (SSSR count). The number of benzene rings is 2. The average molecular weight is 590 g/mol. The molecule has 1 saturated carbocycles. The minimum absolute atomic E-state index is 0.175. The highest BCUT2D eigenvalue weighted by atomic mass is 19.4. The molecule has 226 valence electrons. The maximum Gasteiger partial charge on any atom is 0.490 e. The third-order valence-electron chi connectivity index (χ3n) is 6.65. The minimum Gasteiger partial charge on any atom is -0.475 e. The molecule has 8 nitrogen and oxygen atoms in total. The van der Waals surface area contributed by atoms with Crippen LogP contribution in [0.1, 0.15) is 48.9 Å². The van der Waals surface area contributed by atoms with Gasteiger partial charge in [-0.25, -0.2) is 14.2 Å². The molecule has 2 aromatic carbocycles. The van der Waals surface area contributed by atoms with Gasteiger partial charge in [-0.15, -0.1) is 0 Å². The molecule has 1 heterocycles. The molecule has 1 amide bonds. The quantitative estimate of drug-likeness (QED) is 0.218. The van der Waals surface area contributed by atoms with Gasteiger partial charge in [0.15, 0.2) is 0 Å². The largest absolute Gasteiger partial charge is 0.490 e. The highest BCUT2D eigenvalue weighted by Crippen LogP contribution is 2.24. The number of nitrogens with zero attached hydrogens (tertiary/aromatic N) is 2. The molecule has 12 heteroatoms. The zero-order valence-electron chi connectivity index (χ0n) is 23.3. The summed E-state index contributed by atoms with van der Waals surface area (Å²) in [6.45, 7) is 3.04. The van der Waals surface area contributed by atoms with Crippen LogP contribution in [0, 0.1) is 18.7 Å². The summed E-state index contributed by atoms with van der Waals surface area (Å²) in [4.78, 5) is 31.3. The second-order valence-electron chi connectivity index (χ2n) is 10.1. The van der Waals surface area contributed by atoms with Gasteiger partial charge >= 0.3 is 12.1 Å². The topological polar surface area (TPSA) is 116 Å². The Kier molecular flexibility index (Phi) is 12.1. The molecule has 42 heavy (non-hydrogen) atoms. The van der Waals surface area contributed by atoms with E-state index in [1.165, 1.54) is 44.2 Å². The van der Waals surface area contributed by atoms with Crippen molar-refractivity contribution < 1.29 is 32.3 Å². The lowest BCUT2D eigenvalue weighted by atomic mass is 9.89. The fourth-order valence-corrected chi connectivity index (χ4v) is 4.55. The van der Waals surface area contributed by atoms with Gasteiger partial charge in [0.1, 0.15) is 17.7 Å². The predicted octanol–water partition coefficient (Wildman–Crippen LogP) is 5.89. The minimum atomic E-state index is -5.08. The summed E-state index contributed by atoms with van der Waals surface area (Å²) in [6.07, 6.45) is 1.81. The van der Waals surface area contributed by atoms with Crippen LogP contribution in [0.15, 0.2) is 60.7 Å². The van der Waals surface area contributed by atoms with Crippen LogP contribution in [0.25, 0.3) is 0 Å². The second kappa shape index (κ2) is 15.7. The normalized spacial score (nSPS) is 14.2. The van der Waals surface area contributed by atoms with E-state index in [1.807, 2.05) is 43.3 Å². The number of carboxylic acid groups (broad SMARTS) is 1. The Morgan fingerprint density at radius 1 is 0.976 bits per heavy atom. The number of carbonyl (C=O) groups excluding carboxylic acids is 1. The molecule has 0 bridgehead atoms. The molecule has 1 aromatic heterocycles. The first-order chi connectivity index (χ1) is 20.0. The van der Waals surface area contributed by atoms with Gasteiger partial charge in [0.2, 0.25) is 11.9 Å². The lowest BCUT2D eigenvalue weighted by Gasteiger charge is -2.22. The zero-order valence-corrected chi connectivity index (χ0v) is 23.3. The van der Waals surface area contributed by atoms with Gasteiger partial charge in [-0.2, -0.15) is 18.2 Å². The van der Waals surface area contributed by atoms with Gasteiger partial charge in [-0.3, -0.25) is 4.79 Å². The molecule has 1 atom stereocenters. The van der Waals surface area contributed by atoms with E-state index < -0.39 is 18.2 Å². The van der Waals surface area contributed by atoms with Crippen molar-refractivity contribution >= 4 is 23.6 Å². The molecule has 0 saturated heterocycles. The molecule has 1 aliphatic carbocycles. The van der Waals surface area contributed by atoms with Crippen LogP contribution in [-0.4, -0.2) is 45.7 Å². The third kappa shape index (κ3) is 11.3. The lowest BCUT2D eigenvalue weighted by molar-refractivity contribution is -0.192. The standard InChI is InChI=1S/C28H34FN5O.C2HF3O2/c1-20-15-26(34-28(32-20)31-18-22-11-6-3-7-12-22)33-25(17-21-9-4-2-5-10-21)27(35)30-19-23-13-8-14-24(29)16-23;3-2(4,5)1(6)7/h2,4-5,8-10,13-16,22,25H,3,6-7,11-12,17-19H2,1H3,(H,30,35)(H2,31,32,33,34);(H,6,7)/t25-;/m0./s1. The first-order valence-electron chi connectivity index (χ1n) is 13.7. The average Bonchev–Trinajstić information content (AvgIpc) is 2.95. The Labute approximate surface area is 242 Å². The van der Waals surface area contributed by atoms with Crippen molar-refractivity contribution in [3.63, 3.8) is 0 Å². The van der Waals surface area contributed by atoms with Gasteiger partial charge < -0.3 is 21.1 Å².